The van der Waals surface area contributed by atoms with Gasteiger partial charge in [-0.3, -0.25) is 19.5 Å². The summed E-state index contributed by atoms with van der Waals surface area (Å²) in [4.78, 5) is 31.0. The van der Waals surface area contributed by atoms with Crippen LogP contribution in [0.15, 0.2) is 85.3 Å². The van der Waals surface area contributed by atoms with Gasteiger partial charge in [-0.2, -0.15) is 0 Å². The summed E-state index contributed by atoms with van der Waals surface area (Å²) in [5.41, 5.74) is 4.39. The van der Waals surface area contributed by atoms with Gasteiger partial charge in [0.2, 0.25) is 11.8 Å². The molecule has 1 unspecified atom stereocenters. The molecule has 0 spiro atoms. The summed E-state index contributed by atoms with van der Waals surface area (Å²) in [5, 5.41) is 13.4. The summed E-state index contributed by atoms with van der Waals surface area (Å²) in [6, 6.07) is 21.0. The van der Waals surface area contributed by atoms with Crippen LogP contribution in [0.4, 0.5) is 5.69 Å². The van der Waals surface area contributed by atoms with E-state index in [0.29, 0.717) is 12.8 Å². The maximum Gasteiger partial charge on any atom is 0.233 e. The number of anilines is 1. The van der Waals surface area contributed by atoms with Crippen LogP contribution in [0.3, 0.4) is 0 Å². The number of likely N-dealkylation sites (N-methyl/N-ethyl adjacent to an activating group) is 1. The third-order valence-electron chi connectivity index (χ3n) is 6.60. The van der Waals surface area contributed by atoms with E-state index < -0.39 is 0 Å². The highest BCUT2D eigenvalue weighted by molar-refractivity contribution is 5.95. The van der Waals surface area contributed by atoms with Crippen molar-refractivity contribution in [2.75, 3.05) is 12.4 Å². The average molecular weight is 514 g/mol. The molecule has 1 heterocycles. The minimum atomic E-state index is -0.338. The molecule has 0 fully saturated rings. The first-order chi connectivity index (χ1) is 18.4. The Labute approximate surface area is 226 Å². The van der Waals surface area contributed by atoms with Crippen LogP contribution in [0.1, 0.15) is 56.6 Å². The van der Waals surface area contributed by atoms with Crippen molar-refractivity contribution in [1.29, 1.82) is 0 Å². The van der Waals surface area contributed by atoms with Gasteiger partial charge < -0.3 is 10.4 Å². The zero-order chi connectivity index (χ0) is 27.3. The molecule has 6 nitrogen and oxygen atoms in total. The van der Waals surface area contributed by atoms with Crippen LogP contribution in [0.5, 0.6) is 0 Å². The van der Waals surface area contributed by atoms with Crippen LogP contribution >= 0.6 is 0 Å². The minimum absolute atomic E-state index is 0.0650. The highest BCUT2D eigenvalue weighted by atomic mass is 16.3. The summed E-state index contributed by atoms with van der Waals surface area (Å²) in [6.45, 7) is 5.88. The number of unbranched alkanes of at least 4 members (excludes halogenated alkanes) is 4. The van der Waals surface area contributed by atoms with E-state index in [9.17, 15) is 14.7 Å². The Balaban J connectivity index is 1.58. The van der Waals surface area contributed by atoms with Crippen molar-refractivity contribution in [1.82, 2.24) is 9.88 Å². The van der Waals surface area contributed by atoms with Gasteiger partial charge in [0.05, 0.1) is 18.2 Å². The second-order valence-electron chi connectivity index (χ2n) is 9.70. The van der Waals surface area contributed by atoms with Crippen LogP contribution < -0.4 is 5.32 Å². The number of para-hydroxylation sites is 1. The number of nitrogens with one attached hydrogen (secondary N) is 1. The quantitative estimate of drug-likeness (QED) is 0.184. The van der Waals surface area contributed by atoms with E-state index in [-0.39, 0.29) is 30.0 Å². The van der Waals surface area contributed by atoms with Gasteiger partial charge in [-0.05, 0) is 41.8 Å². The van der Waals surface area contributed by atoms with E-state index in [1.54, 1.807) is 13.2 Å². The standard InChI is InChI=1S/C32H39N3O3/c1-4-5-6-7-11-17-31(37)35(3)32(38)22-25-13-12-14-27(20-25)29-19-18-26(23-33-29)21-30(24(2)36)34-28-15-9-8-10-16-28/h8-10,12-16,18-20,23,30,34,36H,2,4-7,11,17,21-22H2,1,3H3. The largest absolute Gasteiger partial charge is 0.511 e. The Bertz CT molecular complexity index is 1190. The highest BCUT2D eigenvalue weighted by Gasteiger charge is 2.17. The van der Waals surface area contributed by atoms with E-state index in [1.807, 2.05) is 66.7 Å². The number of nitrogens with zero attached hydrogens (tertiary/aromatic N) is 2. The van der Waals surface area contributed by atoms with Gasteiger partial charge in [-0.1, -0.05) is 81.7 Å². The van der Waals surface area contributed by atoms with Crippen molar-refractivity contribution in [3.8, 4) is 11.3 Å². The maximum absolute atomic E-state index is 12.7. The van der Waals surface area contributed by atoms with Crippen LogP contribution in [0.25, 0.3) is 11.3 Å². The predicted molar refractivity (Wildman–Crippen MR) is 154 cm³/mol. The van der Waals surface area contributed by atoms with Crippen molar-refractivity contribution in [3.63, 3.8) is 0 Å². The SMILES string of the molecule is C=C(O)C(Cc1ccc(-c2cccc(CC(=O)N(C)C(=O)CCCCCCC)c2)nc1)Nc1ccccc1. The number of aromatic nitrogens is 1. The van der Waals surface area contributed by atoms with Gasteiger partial charge in [0.1, 0.15) is 5.76 Å². The zero-order valence-corrected chi connectivity index (χ0v) is 22.5. The van der Waals surface area contributed by atoms with Gasteiger partial charge in [-0.15, -0.1) is 0 Å². The van der Waals surface area contributed by atoms with E-state index in [0.717, 1.165) is 53.8 Å². The normalized spacial score (nSPS) is 11.5. The zero-order valence-electron chi connectivity index (χ0n) is 22.5. The van der Waals surface area contributed by atoms with Crippen LogP contribution in [-0.4, -0.2) is 39.9 Å². The summed E-state index contributed by atoms with van der Waals surface area (Å²) in [7, 11) is 1.57. The molecule has 2 amide bonds. The lowest BCUT2D eigenvalue weighted by Gasteiger charge is -2.19. The van der Waals surface area contributed by atoms with E-state index in [1.165, 1.54) is 11.3 Å². The molecule has 0 aliphatic rings. The molecule has 0 radical (unpaired) electrons. The molecule has 38 heavy (non-hydrogen) atoms. The predicted octanol–water partition coefficient (Wildman–Crippen LogP) is 6.73. The number of imide groups is 1. The molecule has 0 saturated heterocycles. The number of carbonyl (C=O) groups excluding carboxylic acids is 2. The fourth-order valence-corrected chi connectivity index (χ4v) is 4.26. The van der Waals surface area contributed by atoms with E-state index in [4.69, 9.17) is 0 Å². The second kappa shape index (κ2) is 14.7. The number of rotatable bonds is 14. The number of aliphatic hydroxyl groups excluding tert-OH is 1. The smallest absolute Gasteiger partial charge is 0.233 e. The number of amides is 2. The molecule has 6 heteroatoms. The summed E-state index contributed by atoms with van der Waals surface area (Å²) in [5.74, 6) is -0.258. The molecule has 1 atom stereocenters. The van der Waals surface area contributed by atoms with Crippen molar-refractivity contribution < 1.29 is 14.7 Å². The first-order valence-electron chi connectivity index (χ1n) is 13.4. The average Bonchev–Trinajstić information content (AvgIpc) is 2.93. The summed E-state index contributed by atoms with van der Waals surface area (Å²) in [6.07, 6.45) is 8.22. The van der Waals surface area contributed by atoms with Gasteiger partial charge in [-0.25, -0.2) is 0 Å². The molecule has 2 N–H and O–H groups in total. The summed E-state index contributed by atoms with van der Waals surface area (Å²) < 4.78 is 0. The lowest BCUT2D eigenvalue weighted by atomic mass is 10.0. The first-order valence-corrected chi connectivity index (χ1v) is 13.4. The van der Waals surface area contributed by atoms with Crippen LogP contribution in [-0.2, 0) is 22.4 Å². The monoisotopic (exact) mass is 513 g/mol. The highest BCUT2D eigenvalue weighted by Crippen LogP contribution is 2.21. The fourth-order valence-electron chi connectivity index (χ4n) is 4.26. The first kappa shape index (κ1) is 28.6. The lowest BCUT2D eigenvalue weighted by molar-refractivity contribution is -0.142. The molecule has 3 rings (SSSR count). The molecule has 0 saturated carbocycles. The Kier molecular flexibility index (Phi) is 11.1. The third-order valence-corrected chi connectivity index (χ3v) is 6.60. The van der Waals surface area contributed by atoms with Crippen molar-refractivity contribution in [2.24, 2.45) is 0 Å². The lowest BCUT2D eigenvalue weighted by Crippen LogP contribution is -2.34. The van der Waals surface area contributed by atoms with Crippen molar-refractivity contribution >= 4 is 17.5 Å². The molecular formula is C32H39N3O3. The number of carbonyl (C=O) groups is 2. The minimum Gasteiger partial charge on any atom is -0.511 e. The Morgan fingerprint density at radius 2 is 1.71 bits per heavy atom. The van der Waals surface area contributed by atoms with Gasteiger partial charge in [0, 0.05) is 37.3 Å². The van der Waals surface area contributed by atoms with Crippen molar-refractivity contribution in [2.45, 2.75) is 64.3 Å². The molecule has 2 aromatic carbocycles. The fraction of sp³-hybridized carbons (Fsp3) is 0.344. The van der Waals surface area contributed by atoms with Gasteiger partial charge in [0.15, 0.2) is 0 Å². The summed E-state index contributed by atoms with van der Waals surface area (Å²) >= 11 is 0. The van der Waals surface area contributed by atoms with Crippen molar-refractivity contribution in [3.05, 3.63) is 96.4 Å². The molecule has 3 aromatic rings. The Hall–Kier alpha value is -3.93. The molecule has 0 bridgehead atoms. The molecule has 1 aromatic heterocycles. The number of pyridine rings is 1. The van der Waals surface area contributed by atoms with Crippen LogP contribution in [0, 0.1) is 0 Å². The topological polar surface area (TPSA) is 82.5 Å². The second-order valence-corrected chi connectivity index (χ2v) is 9.70. The van der Waals surface area contributed by atoms with Crippen LogP contribution in [0.2, 0.25) is 0 Å². The van der Waals surface area contributed by atoms with Gasteiger partial charge in [0.25, 0.3) is 0 Å². The molecule has 0 aliphatic carbocycles. The Morgan fingerprint density at radius 1 is 0.947 bits per heavy atom. The molecular weight excluding hydrogens is 474 g/mol. The van der Waals surface area contributed by atoms with Gasteiger partial charge >= 0.3 is 0 Å². The number of benzene rings is 2. The third kappa shape index (κ3) is 8.87. The number of hydrogen-bond donors (Lipinski definition) is 2. The van der Waals surface area contributed by atoms with E-state index >= 15 is 0 Å². The number of aliphatic hydroxyl groups is 1. The molecule has 200 valence electrons. The maximum atomic E-state index is 12.7. The van der Waals surface area contributed by atoms with E-state index in [2.05, 4.69) is 23.8 Å². The number of hydrogen-bond acceptors (Lipinski definition) is 5. The molecule has 0 aliphatic heterocycles. The Morgan fingerprint density at radius 3 is 2.39 bits per heavy atom.